The number of phenols is 1. The molecule has 11 amide bonds. The van der Waals surface area contributed by atoms with Crippen LogP contribution >= 0.6 is 0 Å². The minimum Gasteiger partial charge on any atom is -0.508 e. The highest BCUT2D eigenvalue weighted by atomic mass is 16.3. The van der Waals surface area contributed by atoms with Gasteiger partial charge < -0.3 is 88.6 Å². The molecule has 0 spiro atoms. The third-order valence-electron chi connectivity index (χ3n) is 17.3. The van der Waals surface area contributed by atoms with E-state index in [4.69, 9.17) is 5.73 Å². The van der Waals surface area contributed by atoms with Crippen LogP contribution in [0.1, 0.15) is 79.4 Å². The van der Waals surface area contributed by atoms with Crippen LogP contribution in [0.4, 0.5) is 0 Å². The fraction of sp³-hybridized carbons (Fsp3) is 0.391. The number of hydrogen-bond donors (Lipinski definition) is 16. The fourth-order valence-corrected chi connectivity index (χ4v) is 12.3. The maximum Gasteiger partial charge on any atom is 0.246 e. The molecule has 2 aliphatic heterocycles. The Kier molecular flexibility index (Phi) is 21.1. The number of phenolic OH excluding ortho intramolecular Hbond substituents is 1. The highest BCUT2D eigenvalue weighted by Crippen LogP contribution is 2.31. The van der Waals surface area contributed by atoms with Gasteiger partial charge in [0.25, 0.3) is 0 Å². The van der Waals surface area contributed by atoms with E-state index in [1.54, 1.807) is 48.8 Å². The molecule has 494 valence electrons. The van der Waals surface area contributed by atoms with E-state index < -0.39 is 126 Å². The lowest BCUT2D eigenvalue weighted by atomic mass is 9.93. The van der Waals surface area contributed by atoms with Crippen LogP contribution in [0, 0.1) is 0 Å². The summed E-state index contributed by atoms with van der Waals surface area (Å²) in [4.78, 5) is 176. The molecule has 0 radical (unpaired) electrons. The molecular formula is C64H75N17O13. The predicted molar refractivity (Wildman–Crippen MR) is 337 cm³/mol. The highest BCUT2D eigenvalue weighted by Gasteiger charge is 2.46. The first-order chi connectivity index (χ1) is 45.3. The van der Waals surface area contributed by atoms with Crippen molar-refractivity contribution in [3.8, 4) is 5.75 Å². The van der Waals surface area contributed by atoms with Gasteiger partial charge in [-0.2, -0.15) is 0 Å². The van der Waals surface area contributed by atoms with Crippen molar-refractivity contribution in [1.29, 1.82) is 0 Å². The second-order valence-electron chi connectivity index (χ2n) is 23.9. The molecule has 6 heterocycles. The van der Waals surface area contributed by atoms with Gasteiger partial charge in [-0.1, -0.05) is 61.4 Å². The van der Waals surface area contributed by atoms with E-state index in [0.717, 1.165) is 16.4 Å². The van der Waals surface area contributed by atoms with E-state index in [0.29, 0.717) is 52.7 Å². The predicted octanol–water partition coefficient (Wildman–Crippen LogP) is -1.48. The van der Waals surface area contributed by atoms with Crippen molar-refractivity contribution >= 4 is 86.8 Å². The number of aliphatic hydroxyl groups is 1. The van der Waals surface area contributed by atoms with Crippen LogP contribution in [0.3, 0.4) is 0 Å². The number of para-hydroxylation sites is 2. The average Bonchev–Trinajstić information content (AvgIpc) is 1.55. The van der Waals surface area contributed by atoms with Crippen LogP contribution in [-0.2, 0) is 84.8 Å². The number of aromatic amines is 4. The van der Waals surface area contributed by atoms with Crippen LogP contribution in [-0.4, -0.2) is 184 Å². The van der Waals surface area contributed by atoms with E-state index >= 15 is 9.59 Å². The molecule has 4 aromatic heterocycles. The lowest BCUT2D eigenvalue weighted by Gasteiger charge is -2.34. The topological polar surface area (TPSA) is 455 Å². The Morgan fingerprint density at radius 2 is 1.13 bits per heavy atom. The number of likely N-dealkylation sites (tertiary alicyclic amines) is 1. The number of nitrogens with zero attached hydrogens (tertiary/aromatic N) is 3. The number of rotatable bonds is 29. The van der Waals surface area contributed by atoms with Gasteiger partial charge in [0.1, 0.15) is 59.6 Å². The summed E-state index contributed by atoms with van der Waals surface area (Å²) in [5.74, 6) is -8.27. The molecule has 3 aromatic carbocycles. The Bertz CT molecular complexity index is 3900. The first-order valence-corrected chi connectivity index (χ1v) is 31.1. The van der Waals surface area contributed by atoms with Crippen molar-refractivity contribution in [3.63, 3.8) is 0 Å². The van der Waals surface area contributed by atoms with Crippen LogP contribution in [0.15, 0.2) is 110 Å². The second-order valence-corrected chi connectivity index (χ2v) is 23.9. The summed E-state index contributed by atoms with van der Waals surface area (Å²) in [5, 5.41) is 46.8. The van der Waals surface area contributed by atoms with E-state index in [-0.39, 0.29) is 82.4 Å². The van der Waals surface area contributed by atoms with E-state index in [1.807, 2.05) is 24.3 Å². The molecule has 8 atom stereocenters. The number of carbonyl (C=O) groups is 11. The Morgan fingerprint density at radius 3 is 1.67 bits per heavy atom. The third-order valence-corrected chi connectivity index (χ3v) is 17.3. The van der Waals surface area contributed by atoms with Crippen LogP contribution in [0.2, 0.25) is 0 Å². The molecule has 3 fully saturated rings. The molecule has 1 aliphatic carbocycles. The van der Waals surface area contributed by atoms with Crippen LogP contribution in [0.25, 0.3) is 21.8 Å². The number of aliphatic hydroxyl groups excluding tert-OH is 1. The van der Waals surface area contributed by atoms with Crippen LogP contribution in [0.5, 0.6) is 5.75 Å². The number of nitrogens with two attached hydrogens (primary N) is 1. The molecule has 3 aliphatic rings. The summed E-state index contributed by atoms with van der Waals surface area (Å²) >= 11 is 0. The van der Waals surface area contributed by atoms with Crippen molar-refractivity contribution in [3.05, 3.63) is 138 Å². The summed E-state index contributed by atoms with van der Waals surface area (Å²) in [7, 11) is 0. The first kappa shape index (κ1) is 66.0. The van der Waals surface area contributed by atoms with Gasteiger partial charge in [-0.25, -0.2) is 9.97 Å². The van der Waals surface area contributed by atoms with Crippen molar-refractivity contribution in [1.82, 2.24) is 82.7 Å². The molecule has 30 heteroatoms. The lowest BCUT2D eigenvalue weighted by Crippen LogP contribution is -2.65. The Labute approximate surface area is 537 Å². The van der Waals surface area contributed by atoms with Gasteiger partial charge in [-0.15, -0.1) is 0 Å². The molecular weight excluding hydrogens is 1210 g/mol. The fourth-order valence-electron chi connectivity index (χ4n) is 12.3. The lowest BCUT2D eigenvalue weighted by molar-refractivity contribution is -0.142. The van der Waals surface area contributed by atoms with Crippen molar-refractivity contribution < 1.29 is 63.0 Å². The number of H-pyrrole nitrogens is 4. The number of amides is 11. The van der Waals surface area contributed by atoms with Crippen LogP contribution < -0.4 is 53.6 Å². The van der Waals surface area contributed by atoms with Gasteiger partial charge in [0.2, 0.25) is 65.0 Å². The zero-order chi connectivity index (χ0) is 66.5. The second kappa shape index (κ2) is 30.0. The van der Waals surface area contributed by atoms with Gasteiger partial charge in [0.15, 0.2) is 0 Å². The number of hydrogen-bond acceptors (Lipinski definition) is 15. The smallest absolute Gasteiger partial charge is 0.246 e. The molecule has 7 aromatic rings. The number of aromatic hydroxyl groups is 1. The summed E-state index contributed by atoms with van der Waals surface area (Å²) in [6, 6.07) is 9.74. The normalized spacial score (nSPS) is 17.8. The molecule has 17 N–H and O–H groups in total. The maximum absolute atomic E-state index is 15.3. The maximum atomic E-state index is 15.3. The average molecular weight is 1290 g/mol. The van der Waals surface area contributed by atoms with Gasteiger partial charge >= 0.3 is 0 Å². The molecule has 94 heavy (non-hydrogen) atoms. The Morgan fingerprint density at radius 1 is 0.596 bits per heavy atom. The molecule has 0 unspecified atom stereocenters. The number of imidazole rings is 2. The number of nitrogens with one attached hydrogen (secondary N) is 13. The SMILES string of the molecule is NC(=O)CNC(=O)[C@H]1CCCN1C(=O)[C@H](Cc1ccc(O)cc1)NC(=O)[C@H](Cc1c[nH]c2ccccc12)NC(=O)C1(NC(=O)[C@@H](Cc2cnc[nH]2)NC(=O)[C@@H](CO)NC(=O)[C@@H](Cc2c[nH]c3ccccc23)NC(=O)[C@@H](Cc2cnc[nH]2)NC(=O)[C@H]2CCC(=O)N2)CCCC1. The van der Waals surface area contributed by atoms with Gasteiger partial charge in [0, 0.05) is 103 Å². The van der Waals surface area contributed by atoms with Crippen molar-refractivity contribution in [2.75, 3.05) is 19.7 Å². The summed E-state index contributed by atoms with van der Waals surface area (Å²) in [6.45, 7) is -1.33. The number of aromatic nitrogens is 6. The van der Waals surface area contributed by atoms with E-state index in [2.05, 4.69) is 77.8 Å². The molecule has 30 nitrogen and oxygen atoms in total. The Balaban J connectivity index is 0.885. The minimum absolute atomic E-state index is 0.0490. The van der Waals surface area contributed by atoms with Gasteiger partial charge in [-0.3, -0.25) is 52.7 Å². The monoisotopic (exact) mass is 1290 g/mol. The largest absolute Gasteiger partial charge is 0.508 e. The molecule has 10 rings (SSSR count). The van der Waals surface area contributed by atoms with Crippen molar-refractivity contribution in [2.45, 2.75) is 137 Å². The summed E-state index contributed by atoms with van der Waals surface area (Å²) in [5.41, 5.74) is 7.59. The summed E-state index contributed by atoms with van der Waals surface area (Å²) < 4.78 is 0. The molecule has 1 saturated carbocycles. The van der Waals surface area contributed by atoms with E-state index in [1.165, 1.54) is 42.1 Å². The number of fused-ring (bicyclic) bond motifs is 2. The summed E-state index contributed by atoms with van der Waals surface area (Å²) in [6.07, 6.45) is 10.2. The highest BCUT2D eigenvalue weighted by molar-refractivity contribution is 6.01. The number of carbonyl (C=O) groups excluding carboxylic acids is 11. The van der Waals surface area contributed by atoms with Gasteiger partial charge in [0.05, 0.1) is 25.8 Å². The zero-order valence-electron chi connectivity index (χ0n) is 51.1. The molecule has 2 saturated heterocycles. The zero-order valence-corrected chi connectivity index (χ0v) is 51.1. The Hall–Kier alpha value is -10.9. The standard InChI is InChI=1S/C64H75N17O13/c65-53(84)31-70-61(92)52-12-7-21-81(52)62(93)50(22-35-13-15-40(83)16-14-35)77-57(88)47(24-37-28-69-44-11-4-2-9-42(37)44)79-63(94)64(19-5-6-20-64)80-60(91)49(26-39-30-67-34-72-39)76-59(90)51(32-82)78-56(87)46(23-36-27-68-43-10-3-1-8-41(36)43)74-58(89)48(25-38-29-66-33-71-38)75-55(86)45-17-18-54(85)73-45/h1-4,8-11,13-16,27-30,33-34,45-52,68-69,82-83H,5-7,12,17-26,31-32H2,(H2,65,84)(H,66,71)(H,67,72)(H,70,92)(H,73,85)(H,74,89)(H,75,86)(H,76,90)(H,77,88)(H,78,87)(H,79,94)(H,80,91)/t45-,46-,47+,48-,49-,50+,51-,52-/m1/s1. The first-order valence-electron chi connectivity index (χ1n) is 31.1. The minimum atomic E-state index is -1.76. The van der Waals surface area contributed by atoms with Crippen molar-refractivity contribution in [2.24, 2.45) is 5.73 Å². The van der Waals surface area contributed by atoms with E-state index in [9.17, 15) is 53.4 Å². The molecule has 0 bridgehead atoms. The third kappa shape index (κ3) is 16.2. The number of primary amides is 1. The quantitative estimate of drug-likeness (QED) is 0.0254. The van der Waals surface area contributed by atoms with Gasteiger partial charge in [-0.05, 0) is 73.1 Å². The number of benzene rings is 3.